The summed E-state index contributed by atoms with van der Waals surface area (Å²) in [7, 11) is 0. The van der Waals surface area contributed by atoms with Crippen molar-refractivity contribution in [1.29, 1.82) is 0 Å². The molecule has 0 bridgehead atoms. The smallest absolute Gasteiger partial charge is 0.267 e. The number of aromatic nitrogens is 2. The fourth-order valence-electron chi connectivity index (χ4n) is 2.40. The van der Waals surface area contributed by atoms with E-state index in [1.807, 2.05) is 31.2 Å². The van der Waals surface area contributed by atoms with Crippen LogP contribution in [0, 0.1) is 0 Å². The van der Waals surface area contributed by atoms with Crippen LogP contribution < -0.4 is 11.1 Å². The molecule has 3 rings (SSSR count). The minimum absolute atomic E-state index is 0.207. The number of rotatable bonds is 2. The van der Waals surface area contributed by atoms with E-state index in [1.165, 1.54) is 4.68 Å². The van der Waals surface area contributed by atoms with Gasteiger partial charge in [-0.15, -0.1) is 0 Å². The summed E-state index contributed by atoms with van der Waals surface area (Å²) in [6.07, 6.45) is 0.789. The summed E-state index contributed by atoms with van der Waals surface area (Å²) in [5, 5.41) is 3.51. The van der Waals surface area contributed by atoms with E-state index in [4.69, 9.17) is 0 Å². The highest BCUT2D eigenvalue weighted by Crippen LogP contribution is 2.13. The Bertz CT molecular complexity index is 891. The topological polar surface area (TPSA) is 54.9 Å². The maximum atomic E-state index is 12.5. The molecule has 0 fully saturated rings. The van der Waals surface area contributed by atoms with Gasteiger partial charge in [-0.25, -0.2) is 4.68 Å². The molecule has 0 aliphatic rings. The Balaban J connectivity index is 2.41. The number of para-hydroxylation sites is 1. The van der Waals surface area contributed by atoms with Crippen LogP contribution in [0.15, 0.2) is 58.1 Å². The monoisotopic (exact) mass is 266 g/mol. The molecular formula is C16H14N2O2. The number of hydrogen-bond donors (Lipinski definition) is 1. The van der Waals surface area contributed by atoms with Gasteiger partial charge in [0.05, 0.1) is 16.5 Å². The Kier molecular flexibility index (Phi) is 2.99. The zero-order valence-corrected chi connectivity index (χ0v) is 11.1. The standard InChI is InChI=1S/C16H14N2O2/c1-2-11-7-3-6-10-14(11)18-16(20)13-9-5-4-8-12(13)15(19)17-18/h3-10H,2H2,1H3,(H,17,19). The summed E-state index contributed by atoms with van der Waals surface area (Å²) >= 11 is 0. The van der Waals surface area contributed by atoms with Crippen molar-refractivity contribution in [3.63, 3.8) is 0 Å². The van der Waals surface area contributed by atoms with Crippen LogP contribution in [0.25, 0.3) is 16.5 Å². The SMILES string of the molecule is CCc1ccccc1-n1[nH]c(=O)c2ccccc2c1=O. The average molecular weight is 266 g/mol. The normalized spacial score (nSPS) is 10.8. The van der Waals surface area contributed by atoms with Gasteiger partial charge in [-0.05, 0) is 30.2 Å². The molecule has 20 heavy (non-hydrogen) atoms. The van der Waals surface area contributed by atoms with Crippen molar-refractivity contribution in [2.45, 2.75) is 13.3 Å². The van der Waals surface area contributed by atoms with Crippen molar-refractivity contribution in [2.24, 2.45) is 0 Å². The summed E-state index contributed by atoms with van der Waals surface area (Å²) in [4.78, 5) is 24.7. The molecule has 2 aromatic carbocycles. The molecule has 4 heteroatoms. The largest absolute Gasteiger partial charge is 0.277 e. The van der Waals surface area contributed by atoms with Crippen LogP contribution in [-0.2, 0) is 6.42 Å². The van der Waals surface area contributed by atoms with E-state index < -0.39 is 0 Å². The van der Waals surface area contributed by atoms with Gasteiger partial charge in [0, 0.05) is 0 Å². The minimum Gasteiger partial charge on any atom is -0.267 e. The number of H-pyrrole nitrogens is 1. The van der Waals surface area contributed by atoms with Crippen LogP contribution >= 0.6 is 0 Å². The molecule has 100 valence electrons. The van der Waals surface area contributed by atoms with E-state index >= 15 is 0 Å². The van der Waals surface area contributed by atoms with E-state index in [1.54, 1.807) is 24.3 Å². The predicted octanol–water partition coefficient (Wildman–Crippen LogP) is 2.24. The van der Waals surface area contributed by atoms with Gasteiger partial charge in [0.15, 0.2) is 0 Å². The first-order chi connectivity index (χ1) is 9.72. The molecule has 0 saturated carbocycles. The predicted molar refractivity (Wildman–Crippen MR) is 79.5 cm³/mol. The average Bonchev–Trinajstić information content (AvgIpc) is 2.51. The van der Waals surface area contributed by atoms with E-state index in [0.717, 1.165) is 17.7 Å². The van der Waals surface area contributed by atoms with Gasteiger partial charge < -0.3 is 0 Å². The third kappa shape index (κ3) is 1.86. The highest BCUT2D eigenvalue weighted by atomic mass is 16.2. The zero-order chi connectivity index (χ0) is 14.1. The lowest BCUT2D eigenvalue weighted by molar-refractivity contribution is 0.791. The van der Waals surface area contributed by atoms with Crippen molar-refractivity contribution >= 4 is 10.8 Å². The molecule has 1 aromatic heterocycles. The maximum Gasteiger partial charge on any atom is 0.277 e. The van der Waals surface area contributed by atoms with Crippen molar-refractivity contribution in [2.75, 3.05) is 0 Å². The molecule has 3 aromatic rings. The minimum atomic E-state index is -0.258. The van der Waals surface area contributed by atoms with Gasteiger partial charge in [0.25, 0.3) is 11.1 Å². The Morgan fingerprint density at radius 2 is 1.60 bits per heavy atom. The van der Waals surface area contributed by atoms with Crippen molar-refractivity contribution < 1.29 is 0 Å². The number of aryl methyl sites for hydroxylation is 1. The summed E-state index contributed by atoms with van der Waals surface area (Å²) in [5.74, 6) is 0. The van der Waals surface area contributed by atoms with Gasteiger partial charge >= 0.3 is 0 Å². The second-order valence-corrected chi connectivity index (χ2v) is 4.61. The molecule has 0 aliphatic heterocycles. The van der Waals surface area contributed by atoms with E-state index in [2.05, 4.69) is 5.10 Å². The third-order valence-electron chi connectivity index (χ3n) is 3.43. The summed E-state index contributed by atoms with van der Waals surface area (Å²) < 4.78 is 1.34. The van der Waals surface area contributed by atoms with Gasteiger partial charge in [0.1, 0.15) is 0 Å². The van der Waals surface area contributed by atoms with Crippen LogP contribution in [0.5, 0.6) is 0 Å². The quantitative estimate of drug-likeness (QED) is 0.773. The van der Waals surface area contributed by atoms with Crippen molar-refractivity contribution in [3.05, 3.63) is 74.8 Å². The second kappa shape index (κ2) is 4.81. The number of nitrogens with one attached hydrogen (secondary N) is 1. The molecule has 0 aliphatic carbocycles. The molecule has 0 spiro atoms. The Labute approximate surface area is 115 Å². The third-order valence-corrected chi connectivity index (χ3v) is 3.43. The number of fused-ring (bicyclic) bond motifs is 1. The van der Waals surface area contributed by atoms with Crippen LogP contribution in [0.1, 0.15) is 12.5 Å². The molecule has 1 heterocycles. The molecule has 0 amide bonds. The van der Waals surface area contributed by atoms with Gasteiger partial charge in [0.2, 0.25) is 0 Å². The van der Waals surface area contributed by atoms with Crippen LogP contribution in [0.2, 0.25) is 0 Å². The lowest BCUT2D eigenvalue weighted by Gasteiger charge is -2.10. The van der Waals surface area contributed by atoms with Gasteiger partial charge in [-0.2, -0.15) is 0 Å². The van der Waals surface area contributed by atoms with E-state index in [0.29, 0.717) is 10.8 Å². The van der Waals surface area contributed by atoms with E-state index in [9.17, 15) is 9.59 Å². The van der Waals surface area contributed by atoms with Crippen LogP contribution in [0.4, 0.5) is 0 Å². The highest BCUT2D eigenvalue weighted by molar-refractivity contribution is 5.80. The number of nitrogens with zero attached hydrogens (tertiary/aromatic N) is 1. The molecule has 0 atom stereocenters. The Morgan fingerprint density at radius 1 is 0.950 bits per heavy atom. The van der Waals surface area contributed by atoms with Crippen molar-refractivity contribution in [3.8, 4) is 5.69 Å². The Morgan fingerprint density at radius 3 is 2.35 bits per heavy atom. The first-order valence-corrected chi connectivity index (χ1v) is 6.54. The summed E-state index contributed by atoms with van der Waals surface area (Å²) in [6, 6.07) is 14.4. The number of benzene rings is 2. The molecular weight excluding hydrogens is 252 g/mol. The number of hydrogen-bond acceptors (Lipinski definition) is 2. The van der Waals surface area contributed by atoms with Crippen LogP contribution in [-0.4, -0.2) is 9.78 Å². The fourth-order valence-corrected chi connectivity index (χ4v) is 2.40. The first kappa shape index (κ1) is 12.4. The summed E-state index contributed by atoms with van der Waals surface area (Å²) in [6.45, 7) is 2.02. The van der Waals surface area contributed by atoms with Gasteiger partial charge in [-0.1, -0.05) is 37.3 Å². The molecule has 1 N–H and O–H groups in total. The Hall–Kier alpha value is -2.62. The molecule has 0 radical (unpaired) electrons. The maximum absolute atomic E-state index is 12.5. The number of aromatic amines is 1. The van der Waals surface area contributed by atoms with E-state index in [-0.39, 0.29) is 11.1 Å². The molecule has 0 saturated heterocycles. The molecule has 0 unspecified atom stereocenters. The fraction of sp³-hybridized carbons (Fsp3) is 0.125. The molecule has 4 nitrogen and oxygen atoms in total. The van der Waals surface area contributed by atoms with Gasteiger partial charge in [-0.3, -0.25) is 14.7 Å². The van der Waals surface area contributed by atoms with Crippen LogP contribution in [0.3, 0.4) is 0 Å². The zero-order valence-electron chi connectivity index (χ0n) is 11.1. The first-order valence-electron chi connectivity index (χ1n) is 6.54. The summed E-state index contributed by atoms with van der Waals surface area (Å²) in [5.41, 5.74) is 1.27. The van der Waals surface area contributed by atoms with Crippen molar-refractivity contribution in [1.82, 2.24) is 9.78 Å². The lowest BCUT2D eigenvalue weighted by Crippen LogP contribution is -2.29. The highest BCUT2D eigenvalue weighted by Gasteiger charge is 2.10. The second-order valence-electron chi connectivity index (χ2n) is 4.61. The lowest BCUT2D eigenvalue weighted by atomic mass is 10.1.